The van der Waals surface area contributed by atoms with Gasteiger partial charge in [0.25, 0.3) is 0 Å². The van der Waals surface area contributed by atoms with Crippen molar-refractivity contribution in [3.05, 3.63) is 22.7 Å². The zero-order valence-corrected chi connectivity index (χ0v) is 19.1. The number of aliphatic hydroxyl groups excluding tert-OH is 2. The van der Waals surface area contributed by atoms with E-state index in [1.165, 1.54) is 15.8 Å². The Morgan fingerprint density at radius 2 is 1.97 bits per heavy atom. The molecule has 1 aromatic heterocycles. The molecule has 3 rings (SSSR count). The third kappa shape index (κ3) is 5.47. The minimum atomic E-state index is -0.840. The molecule has 0 aliphatic carbocycles. The van der Waals surface area contributed by atoms with E-state index in [0.29, 0.717) is 17.9 Å². The Hall–Kier alpha value is -1.50. The second-order valence-corrected chi connectivity index (χ2v) is 10.5. The Bertz CT molecular complexity index is 842. The van der Waals surface area contributed by atoms with E-state index in [4.69, 9.17) is 4.74 Å². The topological polar surface area (TPSA) is 137 Å². The molecule has 0 saturated carbocycles. The number of ether oxygens (including phenoxy) is 1. The maximum atomic E-state index is 12.5. The van der Waals surface area contributed by atoms with Crippen LogP contribution in [0.3, 0.4) is 0 Å². The molecule has 0 spiro atoms. The first-order chi connectivity index (χ1) is 14.4. The van der Waals surface area contributed by atoms with E-state index in [-0.39, 0.29) is 30.7 Å². The van der Waals surface area contributed by atoms with E-state index in [1.807, 2.05) is 27.7 Å². The van der Waals surface area contributed by atoms with Gasteiger partial charge in [0.1, 0.15) is 17.4 Å². The van der Waals surface area contributed by atoms with E-state index >= 15 is 0 Å². The van der Waals surface area contributed by atoms with Crippen LogP contribution in [0.15, 0.2) is 22.1 Å². The lowest BCUT2D eigenvalue weighted by Crippen LogP contribution is -2.63. The van der Waals surface area contributed by atoms with Gasteiger partial charge in [-0.05, 0) is 46.6 Å². The average molecular weight is 457 g/mol. The van der Waals surface area contributed by atoms with E-state index in [2.05, 4.69) is 10.3 Å². The Morgan fingerprint density at radius 3 is 2.52 bits per heavy atom. The predicted octanol–water partition coefficient (Wildman–Crippen LogP) is 0.503. The maximum Gasteiger partial charge on any atom is 0.350 e. The summed E-state index contributed by atoms with van der Waals surface area (Å²) in [5.41, 5.74) is -1.45. The van der Waals surface area contributed by atoms with Crippen molar-refractivity contribution < 1.29 is 25.0 Å². The van der Waals surface area contributed by atoms with Gasteiger partial charge in [0.2, 0.25) is 5.91 Å². The van der Waals surface area contributed by atoms with Gasteiger partial charge in [-0.1, -0.05) is 11.8 Å². The van der Waals surface area contributed by atoms with Crippen LogP contribution in [0, 0.1) is 0 Å². The summed E-state index contributed by atoms with van der Waals surface area (Å²) >= 11 is 1.16. The summed E-state index contributed by atoms with van der Waals surface area (Å²) in [6.07, 6.45) is 0.725. The van der Waals surface area contributed by atoms with Crippen molar-refractivity contribution in [2.75, 3.05) is 12.4 Å². The lowest BCUT2D eigenvalue weighted by atomic mass is 9.79. The fraction of sp³-hybridized carbons (Fsp3) is 0.750. The molecule has 2 aliphatic heterocycles. The Morgan fingerprint density at radius 1 is 1.32 bits per heavy atom. The van der Waals surface area contributed by atoms with Gasteiger partial charge in [-0.15, -0.1) is 0 Å². The van der Waals surface area contributed by atoms with E-state index in [1.54, 1.807) is 6.07 Å². The number of thioether (sulfide) groups is 1. The molecule has 1 aromatic rings. The van der Waals surface area contributed by atoms with Gasteiger partial charge < -0.3 is 25.5 Å². The van der Waals surface area contributed by atoms with Crippen LogP contribution in [0.2, 0.25) is 0 Å². The fourth-order valence-corrected chi connectivity index (χ4v) is 5.19. The summed E-state index contributed by atoms with van der Waals surface area (Å²) in [5.74, 6) is -0.0472. The second kappa shape index (κ2) is 9.16. The largest absolute Gasteiger partial charge is 0.394 e. The SMILES string of the molecule is CC1(C)CC(NC(=O)CSc2ccn(C3CC(O)C(CO)O3)c(=O)n2)CC(C)(C)N1O. The highest BCUT2D eigenvalue weighted by Crippen LogP contribution is 2.36. The van der Waals surface area contributed by atoms with Gasteiger partial charge in [0.05, 0.1) is 18.5 Å². The van der Waals surface area contributed by atoms with Crippen LogP contribution in [-0.2, 0) is 9.53 Å². The normalized spacial score (nSPS) is 28.5. The smallest absolute Gasteiger partial charge is 0.350 e. The number of piperidine rings is 1. The van der Waals surface area contributed by atoms with Crippen LogP contribution in [-0.4, -0.2) is 77.6 Å². The molecule has 31 heavy (non-hydrogen) atoms. The summed E-state index contributed by atoms with van der Waals surface area (Å²) < 4.78 is 6.76. The molecule has 174 valence electrons. The quantitative estimate of drug-likeness (QED) is 0.356. The molecule has 3 heterocycles. The van der Waals surface area contributed by atoms with E-state index in [9.17, 15) is 25.0 Å². The molecule has 3 unspecified atom stereocenters. The molecule has 3 atom stereocenters. The zero-order chi connectivity index (χ0) is 23.0. The first-order valence-corrected chi connectivity index (χ1v) is 11.4. The van der Waals surface area contributed by atoms with Crippen molar-refractivity contribution in [3.8, 4) is 0 Å². The highest BCUT2D eigenvalue weighted by atomic mass is 32.2. The molecular weight excluding hydrogens is 424 g/mol. The molecule has 11 heteroatoms. The van der Waals surface area contributed by atoms with Crippen LogP contribution in [0.4, 0.5) is 0 Å². The van der Waals surface area contributed by atoms with Crippen LogP contribution in [0.1, 0.15) is 53.2 Å². The Balaban J connectivity index is 1.55. The molecule has 2 aliphatic rings. The van der Waals surface area contributed by atoms with Crippen LogP contribution < -0.4 is 11.0 Å². The zero-order valence-electron chi connectivity index (χ0n) is 18.3. The summed E-state index contributed by atoms with van der Waals surface area (Å²) in [6.45, 7) is 7.44. The first kappa shape index (κ1) is 24.1. The number of aliphatic hydroxyl groups is 2. The number of aromatic nitrogens is 2. The molecule has 2 saturated heterocycles. The number of hydrogen-bond donors (Lipinski definition) is 4. The number of amides is 1. The number of rotatable bonds is 6. The number of carbonyl (C=O) groups excluding carboxylic acids is 1. The number of nitrogens with one attached hydrogen (secondary N) is 1. The molecule has 10 nitrogen and oxygen atoms in total. The van der Waals surface area contributed by atoms with Crippen molar-refractivity contribution >= 4 is 17.7 Å². The Kier molecular flexibility index (Phi) is 7.14. The summed E-state index contributed by atoms with van der Waals surface area (Å²) in [6, 6.07) is 1.56. The molecule has 2 fully saturated rings. The molecule has 0 radical (unpaired) electrons. The minimum absolute atomic E-state index is 0.0622. The molecule has 0 bridgehead atoms. The second-order valence-electron chi connectivity index (χ2n) is 9.47. The van der Waals surface area contributed by atoms with Crippen molar-refractivity contribution in [1.29, 1.82) is 0 Å². The summed E-state index contributed by atoms with van der Waals surface area (Å²) in [7, 11) is 0. The van der Waals surface area contributed by atoms with Gasteiger partial charge in [-0.25, -0.2) is 4.79 Å². The lowest BCUT2D eigenvalue weighted by molar-refractivity contribution is -0.246. The number of nitrogens with zero attached hydrogens (tertiary/aromatic N) is 3. The van der Waals surface area contributed by atoms with E-state index < -0.39 is 35.2 Å². The average Bonchev–Trinajstić information content (AvgIpc) is 3.04. The first-order valence-electron chi connectivity index (χ1n) is 10.4. The van der Waals surface area contributed by atoms with Crippen LogP contribution in [0.5, 0.6) is 0 Å². The molecule has 1 amide bonds. The van der Waals surface area contributed by atoms with Crippen molar-refractivity contribution in [1.82, 2.24) is 19.9 Å². The van der Waals surface area contributed by atoms with Crippen molar-refractivity contribution in [2.24, 2.45) is 0 Å². The van der Waals surface area contributed by atoms with Crippen molar-refractivity contribution in [2.45, 2.75) is 87.5 Å². The summed E-state index contributed by atoms with van der Waals surface area (Å²) in [5, 5.41) is 34.2. The van der Waals surface area contributed by atoms with E-state index in [0.717, 1.165) is 11.8 Å². The standard InChI is InChI=1S/C20H32N4O6S/c1-19(2)8-12(9-20(3,4)24(19)29)21-15(27)11-31-16-5-6-23(18(28)22-16)17-7-13(26)14(10-25)30-17/h5-6,12-14,17,25-26,29H,7-11H2,1-4H3,(H,21,27). The van der Waals surface area contributed by atoms with Gasteiger partial charge >= 0.3 is 5.69 Å². The molecule has 4 N–H and O–H groups in total. The predicted molar refractivity (Wildman–Crippen MR) is 114 cm³/mol. The molecule has 0 aromatic carbocycles. The third-order valence-electron chi connectivity index (χ3n) is 5.85. The highest BCUT2D eigenvalue weighted by molar-refractivity contribution is 7.99. The van der Waals surface area contributed by atoms with Gasteiger partial charge in [0, 0.05) is 29.7 Å². The monoisotopic (exact) mass is 456 g/mol. The molecular formula is C20H32N4O6S. The minimum Gasteiger partial charge on any atom is -0.394 e. The fourth-order valence-electron chi connectivity index (χ4n) is 4.53. The van der Waals surface area contributed by atoms with Gasteiger partial charge in [-0.2, -0.15) is 10.0 Å². The number of carbonyl (C=O) groups is 1. The lowest BCUT2D eigenvalue weighted by Gasteiger charge is -2.51. The van der Waals surface area contributed by atoms with Gasteiger partial charge in [-0.3, -0.25) is 9.36 Å². The van der Waals surface area contributed by atoms with Crippen LogP contribution >= 0.6 is 11.8 Å². The number of hydroxylamine groups is 2. The maximum absolute atomic E-state index is 12.5. The van der Waals surface area contributed by atoms with Gasteiger partial charge in [0.15, 0.2) is 0 Å². The highest BCUT2D eigenvalue weighted by Gasteiger charge is 2.45. The third-order valence-corrected chi connectivity index (χ3v) is 6.78. The summed E-state index contributed by atoms with van der Waals surface area (Å²) in [4.78, 5) is 28.8. The number of hydrogen-bond acceptors (Lipinski definition) is 9. The Labute approximate surface area is 185 Å². The van der Waals surface area contributed by atoms with Crippen LogP contribution in [0.25, 0.3) is 0 Å². The van der Waals surface area contributed by atoms with Crippen molar-refractivity contribution in [3.63, 3.8) is 0 Å².